The lowest BCUT2D eigenvalue weighted by molar-refractivity contribution is 0.505. The maximum Gasteiger partial charge on any atom is 0.184 e. The van der Waals surface area contributed by atoms with Gasteiger partial charge in [-0.05, 0) is 19.1 Å². The summed E-state index contributed by atoms with van der Waals surface area (Å²) in [5.74, 6) is -1.03. The number of aromatic nitrogens is 2. The molecule has 0 saturated carbocycles. The summed E-state index contributed by atoms with van der Waals surface area (Å²) in [6, 6.07) is 2.17. The van der Waals surface area contributed by atoms with Gasteiger partial charge in [0.1, 0.15) is 11.3 Å². The van der Waals surface area contributed by atoms with E-state index in [1.165, 1.54) is 10.6 Å². The summed E-state index contributed by atoms with van der Waals surface area (Å²) in [5.41, 5.74) is 0.428. The van der Waals surface area contributed by atoms with Crippen LogP contribution in [0.5, 0.6) is 0 Å². The van der Waals surface area contributed by atoms with E-state index in [1.54, 1.807) is 13.2 Å². The molecule has 2 unspecified atom stereocenters. The molecule has 0 N–H and O–H groups in total. The van der Waals surface area contributed by atoms with Crippen LogP contribution < -0.4 is 0 Å². The van der Waals surface area contributed by atoms with E-state index in [9.17, 15) is 13.0 Å². The average Bonchev–Trinajstić information content (AvgIpc) is 2.72. The summed E-state index contributed by atoms with van der Waals surface area (Å²) in [4.78, 5) is 4.19. The SMILES string of the molecule is CC(CS(C)=O)n1c(CCl)nc2ccc(F)c(F)c21. The van der Waals surface area contributed by atoms with Gasteiger partial charge in [0.05, 0.1) is 11.4 Å². The van der Waals surface area contributed by atoms with Gasteiger partial charge in [0, 0.05) is 28.9 Å². The number of benzene rings is 1. The van der Waals surface area contributed by atoms with Crippen LogP contribution in [0.4, 0.5) is 8.78 Å². The van der Waals surface area contributed by atoms with Crippen LogP contribution in [0.1, 0.15) is 18.8 Å². The highest BCUT2D eigenvalue weighted by Crippen LogP contribution is 2.26. The topological polar surface area (TPSA) is 34.9 Å². The predicted octanol–water partition coefficient (Wildman–Crippen LogP) is 2.99. The Labute approximate surface area is 117 Å². The Morgan fingerprint density at radius 2 is 2.16 bits per heavy atom. The summed E-state index contributed by atoms with van der Waals surface area (Å²) in [7, 11) is -1.05. The molecule has 19 heavy (non-hydrogen) atoms. The fourth-order valence-electron chi connectivity index (χ4n) is 2.15. The van der Waals surface area contributed by atoms with Gasteiger partial charge in [0.25, 0.3) is 0 Å². The third kappa shape index (κ3) is 2.65. The molecule has 0 aliphatic rings. The van der Waals surface area contributed by atoms with Gasteiger partial charge in [0.2, 0.25) is 0 Å². The largest absolute Gasteiger partial charge is 0.321 e. The number of halogens is 3. The zero-order valence-corrected chi connectivity index (χ0v) is 12.1. The first-order valence-corrected chi connectivity index (χ1v) is 7.92. The number of fused-ring (bicyclic) bond motifs is 1. The maximum atomic E-state index is 14.0. The van der Waals surface area contributed by atoms with Crippen LogP contribution in [0.3, 0.4) is 0 Å². The van der Waals surface area contributed by atoms with E-state index in [1.807, 2.05) is 0 Å². The number of rotatable bonds is 4. The highest BCUT2D eigenvalue weighted by atomic mass is 35.5. The molecule has 1 aromatic carbocycles. The van der Waals surface area contributed by atoms with Crippen LogP contribution >= 0.6 is 11.6 Å². The summed E-state index contributed by atoms with van der Waals surface area (Å²) in [6.07, 6.45) is 1.56. The van der Waals surface area contributed by atoms with E-state index in [4.69, 9.17) is 11.6 Å². The predicted molar refractivity (Wildman–Crippen MR) is 72.9 cm³/mol. The molecule has 0 spiro atoms. The monoisotopic (exact) mass is 306 g/mol. The molecule has 3 nitrogen and oxygen atoms in total. The fourth-order valence-corrected chi connectivity index (χ4v) is 3.17. The molecule has 104 valence electrons. The highest BCUT2D eigenvalue weighted by molar-refractivity contribution is 7.84. The molecule has 1 aromatic heterocycles. The number of nitrogens with zero attached hydrogens (tertiary/aromatic N) is 2. The van der Waals surface area contributed by atoms with Crippen LogP contribution in [0.25, 0.3) is 11.0 Å². The molecule has 2 atom stereocenters. The quantitative estimate of drug-likeness (QED) is 0.814. The molecule has 0 amide bonds. The lowest BCUT2D eigenvalue weighted by atomic mass is 10.2. The summed E-state index contributed by atoms with van der Waals surface area (Å²) < 4.78 is 40.2. The molecule has 0 bridgehead atoms. The van der Waals surface area contributed by atoms with Crippen molar-refractivity contribution in [3.63, 3.8) is 0 Å². The molecular formula is C12H13ClF2N2OS. The van der Waals surface area contributed by atoms with Crippen molar-refractivity contribution in [2.75, 3.05) is 12.0 Å². The van der Waals surface area contributed by atoms with Crippen LogP contribution in [-0.4, -0.2) is 25.8 Å². The van der Waals surface area contributed by atoms with Crippen molar-refractivity contribution in [2.24, 2.45) is 0 Å². The van der Waals surface area contributed by atoms with Crippen LogP contribution in [0, 0.1) is 11.6 Å². The van der Waals surface area contributed by atoms with Crippen molar-refractivity contribution in [1.29, 1.82) is 0 Å². The fraction of sp³-hybridized carbons (Fsp3) is 0.417. The van der Waals surface area contributed by atoms with E-state index < -0.39 is 22.4 Å². The molecule has 0 aliphatic carbocycles. The van der Waals surface area contributed by atoms with E-state index in [0.29, 0.717) is 17.1 Å². The number of imidazole rings is 1. The normalized spacial score (nSPS) is 14.8. The summed E-state index contributed by atoms with van der Waals surface area (Å²) in [6.45, 7) is 1.78. The Bertz CT molecular complexity index is 644. The molecule has 2 aromatic rings. The third-order valence-electron chi connectivity index (χ3n) is 2.85. The second-order valence-corrected chi connectivity index (χ2v) is 6.10. The standard InChI is InChI=1S/C12H13ClF2N2OS/c1-7(6-19(2)18)17-10(5-13)16-9-4-3-8(14)11(15)12(9)17/h3-4,7H,5-6H2,1-2H3. The van der Waals surface area contributed by atoms with Crippen molar-refractivity contribution in [2.45, 2.75) is 18.8 Å². The molecule has 0 fully saturated rings. The van der Waals surface area contributed by atoms with Crippen molar-refractivity contribution in [1.82, 2.24) is 9.55 Å². The van der Waals surface area contributed by atoms with E-state index in [0.717, 1.165) is 6.07 Å². The first-order valence-electron chi connectivity index (χ1n) is 5.66. The van der Waals surface area contributed by atoms with Crippen LogP contribution in [0.2, 0.25) is 0 Å². The minimum Gasteiger partial charge on any atom is -0.321 e. The van der Waals surface area contributed by atoms with Gasteiger partial charge < -0.3 is 4.57 Å². The first kappa shape index (κ1) is 14.4. The van der Waals surface area contributed by atoms with Gasteiger partial charge in [-0.3, -0.25) is 4.21 Å². The second-order valence-electron chi connectivity index (χ2n) is 4.35. The van der Waals surface area contributed by atoms with Crippen molar-refractivity contribution < 1.29 is 13.0 Å². The molecule has 0 saturated heterocycles. The molecule has 1 heterocycles. The Morgan fingerprint density at radius 3 is 2.74 bits per heavy atom. The average molecular weight is 307 g/mol. The Balaban J connectivity index is 2.68. The van der Waals surface area contributed by atoms with Gasteiger partial charge >= 0.3 is 0 Å². The lowest BCUT2D eigenvalue weighted by Crippen LogP contribution is -2.15. The second kappa shape index (κ2) is 5.54. The Morgan fingerprint density at radius 1 is 1.47 bits per heavy atom. The Kier molecular flexibility index (Phi) is 4.20. The first-order chi connectivity index (χ1) is 8.95. The van der Waals surface area contributed by atoms with Gasteiger partial charge in [-0.1, -0.05) is 0 Å². The summed E-state index contributed by atoms with van der Waals surface area (Å²) >= 11 is 5.80. The smallest absolute Gasteiger partial charge is 0.184 e. The van der Waals surface area contributed by atoms with E-state index >= 15 is 0 Å². The molecular weight excluding hydrogens is 294 g/mol. The van der Waals surface area contributed by atoms with Gasteiger partial charge in [-0.2, -0.15) is 0 Å². The number of hydrogen-bond donors (Lipinski definition) is 0. The van der Waals surface area contributed by atoms with E-state index in [2.05, 4.69) is 4.98 Å². The minimum atomic E-state index is -1.05. The van der Waals surface area contributed by atoms with Crippen LogP contribution in [0.15, 0.2) is 12.1 Å². The summed E-state index contributed by atoms with van der Waals surface area (Å²) in [5, 5.41) is 0. The number of alkyl halides is 1. The van der Waals surface area contributed by atoms with Gasteiger partial charge in [0.15, 0.2) is 11.6 Å². The lowest BCUT2D eigenvalue weighted by Gasteiger charge is -2.16. The van der Waals surface area contributed by atoms with Crippen molar-refractivity contribution in [3.8, 4) is 0 Å². The van der Waals surface area contributed by atoms with Gasteiger partial charge in [-0.25, -0.2) is 13.8 Å². The molecule has 7 heteroatoms. The van der Waals surface area contributed by atoms with Crippen LogP contribution in [-0.2, 0) is 16.7 Å². The van der Waals surface area contributed by atoms with E-state index in [-0.39, 0.29) is 17.4 Å². The van der Waals surface area contributed by atoms with Crippen molar-refractivity contribution in [3.05, 3.63) is 29.6 Å². The molecule has 2 rings (SSSR count). The van der Waals surface area contributed by atoms with Crippen molar-refractivity contribution >= 4 is 33.4 Å². The maximum absolute atomic E-state index is 14.0. The zero-order chi connectivity index (χ0) is 14.2. The minimum absolute atomic E-state index is 0.0774. The Hall–Kier alpha value is -1.01. The zero-order valence-electron chi connectivity index (χ0n) is 10.5. The molecule has 0 radical (unpaired) electrons. The van der Waals surface area contributed by atoms with Gasteiger partial charge in [-0.15, -0.1) is 11.6 Å². The number of hydrogen-bond acceptors (Lipinski definition) is 2. The third-order valence-corrected chi connectivity index (χ3v) is 4.04. The molecule has 0 aliphatic heterocycles. The highest BCUT2D eigenvalue weighted by Gasteiger charge is 2.21.